The molecule has 2 heterocycles. The van der Waals surface area contributed by atoms with Crippen LogP contribution in [-0.4, -0.2) is 14.2 Å². The highest BCUT2D eigenvalue weighted by Crippen LogP contribution is 2.49. The van der Waals surface area contributed by atoms with Crippen LogP contribution in [0.1, 0.15) is 16.7 Å². The maximum absolute atomic E-state index is 13.1. The molecule has 0 N–H and O–H groups in total. The Balaban J connectivity index is 1.56. The van der Waals surface area contributed by atoms with Crippen LogP contribution in [-0.2, 0) is 5.60 Å². The Hall–Kier alpha value is -5.03. The zero-order valence-electron chi connectivity index (χ0n) is 21.4. The molecule has 1 aromatic heterocycles. The topological polar surface area (TPSA) is 57.9 Å². The Morgan fingerprint density at radius 2 is 1.15 bits per heavy atom. The molecule has 1 aliphatic rings. The van der Waals surface area contributed by atoms with Gasteiger partial charge in [0, 0.05) is 27.3 Å². The average Bonchev–Trinajstić information content (AvgIpc) is 3.01. The Morgan fingerprint density at radius 3 is 1.72 bits per heavy atom. The minimum absolute atomic E-state index is 0.369. The second-order valence-corrected chi connectivity index (χ2v) is 9.56. The molecule has 5 heteroatoms. The third-order valence-corrected chi connectivity index (χ3v) is 7.55. The van der Waals surface area contributed by atoms with E-state index in [1.54, 1.807) is 20.3 Å². The quantitative estimate of drug-likeness (QED) is 0.181. The fourth-order valence-electron chi connectivity index (χ4n) is 5.62. The molecule has 0 bridgehead atoms. The van der Waals surface area contributed by atoms with Crippen LogP contribution in [0.4, 0.5) is 0 Å². The summed E-state index contributed by atoms with van der Waals surface area (Å²) < 4.78 is 23.9. The lowest BCUT2D eigenvalue weighted by Gasteiger charge is -2.37. The van der Waals surface area contributed by atoms with Crippen LogP contribution in [0.25, 0.3) is 38.6 Å². The van der Waals surface area contributed by atoms with E-state index in [4.69, 9.17) is 18.6 Å². The standard InChI is InChI=1S/C34H24O5/c1-36-23-15-11-21(12-16-23)34(22-13-17-24(37-2)18-14-22)20-19-29-31(39-34)27-9-5-3-7-25(27)30-26-8-4-6-10-28(26)33(35)38-32(29)30/h3-20H,1-2H3. The van der Waals surface area contributed by atoms with Gasteiger partial charge in [0.05, 0.1) is 25.2 Å². The molecule has 0 fully saturated rings. The summed E-state index contributed by atoms with van der Waals surface area (Å²) in [6.07, 6.45) is 4.04. The van der Waals surface area contributed by atoms with E-state index in [9.17, 15) is 4.79 Å². The zero-order chi connectivity index (χ0) is 26.6. The Labute approximate surface area is 224 Å². The van der Waals surface area contributed by atoms with Gasteiger partial charge >= 0.3 is 5.63 Å². The Kier molecular flexibility index (Phi) is 5.20. The number of benzene rings is 5. The molecule has 0 saturated heterocycles. The van der Waals surface area contributed by atoms with Gasteiger partial charge in [0.1, 0.15) is 17.2 Å². The first-order valence-corrected chi connectivity index (χ1v) is 12.7. The smallest absolute Gasteiger partial charge is 0.344 e. The van der Waals surface area contributed by atoms with Crippen molar-refractivity contribution in [2.24, 2.45) is 0 Å². The molecule has 0 amide bonds. The maximum atomic E-state index is 13.1. The van der Waals surface area contributed by atoms with Crippen molar-refractivity contribution in [1.29, 1.82) is 0 Å². The highest BCUT2D eigenvalue weighted by molar-refractivity contribution is 6.22. The van der Waals surface area contributed by atoms with Crippen molar-refractivity contribution in [2.75, 3.05) is 14.2 Å². The van der Waals surface area contributed by atoms with E-state index in [2.05, 4.69) is 12.1 Å². The summed E-state index contributed by atoms with van der Waals surface area (Å²) in [7, 11) is 3.30. The van der Waals surface area contributed by atoms with Crippen LogP contribution in [0.15, 0.2) is 112 Å². The molecule has 0 spiro atoms. The van der Waals surface area contributed by atoms with Gasteiger partial charge in [-0.05, 0) is 47.9 Å². The van der Waals surface area contributed by atoms with E-state index in [-0.39, 0.29) is 5.63 Å². The molecule has 0 aliphatic carbocycles. The molecule has 190 valence electrons. The molecule has 5 nitrogen and oxygen atoms in total. The van der Waals surface area contributed by atoms with E-state index in [0.29, 0.717) is 16.7 Å². The molecular formula is C34H24O5. The van der Waals surface area contributed by atoms with Crippen LogP contribution in [0.2, 0.25) is 0 Å². The summed E-state index contributed by atoms with van der Waals surface area (Å²) in [6.45, 7) is 0. The van der Waals surface area contributed by atoms with E-state index in [1.807, 2.05) is 91.0 Å². The van der Waals surface area contributed by atoms with Crippen LogP contribution in [0, 0.1) is 0 Å². The summed E-state index contributed by atoms with van der Waals surface area (Å²) in [5, 5.41) is 4.21. The molecule has 0 atom stereocenters. The average molecular weight is 513 g/mol. The van der Waals surface area contributed by atoms with Gasteiger partial charge in [-0.15, -0.1) is 0 Å². The second-order valence-electron chi connectivity index (χ2n) is 9.56. The molecule has 7 rings (SSSR count). The number of hydrogen-bond donors (Lipinski definition) is 0. The number of ether oxygens (including phenoxy) is 3. The lowest BCUT2D eigenvalue weighted by molar-refractivity contribution is 0.163. The number of methoxy groups -OCH3 is 2. The van der Waals surface area contributed by atoms with Crippen molar-refractivity contribution in [3.63, 3.8) is 0 Å². The van der Waals surface area contributed by atoms with Crippen LogP contribution in [0.5, 0.6) is 17.2 Å². The largest absolute Gasteiger partial charge is 0.497 e. The normalized spacial score (nSPS) is 13.8. The molecule has 6 aromatic rings. The minimum atomic E-state index is -0.945. The molecular weight excluding hydrogens is 488 g/mol. The van der Waals surface area contributed by atoms with E-state index < -0.39 is 5.60 Å². The van der Waals surface area contributed by atoms with Gasteiger partial charge in [-0.2, -0.15) is 0 Å². The predicted octanol–water partition coefficient (Wildman–Crippen LogP) is 7.47. The summed E-state index contributed by atoms with van der Waals surface area (Å²) in [6, 6.07) is 31.4. The Bertz CT molecular complexity index is 1920. The lowest BCUT2D eigenvalue weighted by atomic mass is 9.82. The fraction of sp³-hybridized carbons (Fsp3) is 0.0882. The van der Waals surface area contributed by atoms with Crippen molar-refractivity contribution < 1.29 is 18.6 Å². The third-order valence-electron chi connectivity index (χ3n) is 7.55. The third kappa shape index (κ3) is 3.43. The second kappa shape index (κ2) is 8.77. The van der Waals surface area contributed by atoms with Gasteiger partial charge in [0.15, 0.2) is 11.2 Å². The number of rotatable bonds is 4. The van der Waals surface area contributed by atoms with E-state index in [1.165, 1.54) is 0 Å². The summed E-state index contributed by atoms with van der Waals surface area (Å²) in [5.74, 6) is 2.17. The predicted molar refractivity (Wildman–Crippen MR) is 154 cm³/mol. The summed E-state index contributed by atoms with van der Waals surface area (Å²) in [4.78, 5) is 13.1. The lowest BCUT2D eigenvalue weighted by Crippen LogP contribution is -2.34. The Morgan fingerprint density at radius 1 is 0.641 bits per heavy atom. The molecule has 5 aromatic carbocycles. The highest BCUT2D eigenvalue weighted by Gasteiger charge is 2.39. The van der Waals surface area contributed by atoms with Gasteiger partial charge in [0.2, 0.25) is 0 Å². The number of hydrogen-bond acceptors (Lipinski definition) is 5. The van der Waals surface area contributed by atoms with Crippen LogP contribution >= 0.6 is 0 Å². The molecule has 39 heavy (non-hydrogen) atoms. The van der Waals surface area contributed by atoms with Crippen molar-refractivity contribution in [3.05, 3.63) is 130 Å². The first kappa shape index (κ1) is 23.1. The molecule has 1 aliphatic heterocycles. The fourth-order valence-corrected chi connectivity index (χ4v) is 5.62. The van der Waals surface area contributed by atoms with Gasteiger partial charge < -0.3 is 18.6 Å². The number of fused-ring (bicyclic) bond motifs is 8. The van der Waals surface area contributed by atoms with Crippen molar-refractivity contribution in [1.82, 2.24) is 0 Å². The van der Waals surface area contributed by atoms with Crippen molar-refractivity contribution >= 4 is 38.6 Å². The van der Waals surface area contributed by atoms with Crippen LogP contribution in [0.3, 0.4) is 0 Å². The van der Waals surface area contributed by atoms with Gasteiger partial charge in [-0.25, -0.2) is 4.79 Å². The minimum Gasteiger partial charge on any atom is -0.497 e. The zero-order valence-corrected chi connectivity index (χ0v) is 21.4. The monoisotopic (exact) mass is 512 g/mol. The SMILES string of the molecule is COc1ccc(C2(c3ccc(OC)cc3)C=Cc3c(c4ccccc4c4c3oc(=O)c3ccccc34)O2)cc1. The first-order valence-electron chi connectivity index (χ1n) is 12.7. The summed E-state index contributed by atoms with van der Waals surface area (Å²) >= 11 is 0. The summed E-state index contributed by atoms with van der Waals surface area (Å²) in [5.41, 5.74) is 1.80. The molecule has 0 radical (unpaired) electrons. The first-order chi connectivity index (χ1) is 19.1. The van der Waals surface area contributed by atoms with Gasteiger partial charge in [-0.1, -0.05) is 66.7 Å². The van der Waals surface area contributed by atoms with Gasteiger partial charge in [-0.3, -0.25) is 0 Å². The van der Waals surface area contributed by atoms with E-state index >= 15 is 0 Å². The maximum Gasteiger partial charge on any atom is 0.344 e. The molecule has 0 saturated carbocycles. The van der Waals surface area contributed by atoms with Crippen molar-refractivity contribution in [3.8, 4) is 17.2 Å². The highest BCUT2D eigenvalue weighted by atomic mass is 16.5. The van der Waals surface area contributed by atoms with Crippen LogP contribution < -0.4 is 19.8 Å². The molecule has 0 unspecified atom stereocenters. The van der Waals surface area contributed by atoms with Gasteiger partial charge in [0.25, 0.3) is 0 Å². The van der Waals surface area contributed by atoms with Crippen molar-refractivity contribution in [2.45, 2.75) is 5.60 Å². The van der Waals surface area contributed by atoms with E-state index in [0.717, 1.165) is 49.7 Å².